The van der Waals surface area contributed by atoms with Gasteiger partial charge in [-0.15, -0.1) is 22.2 Å². The van der Waals surface area contributed by atoms with E-state index >= 15 is 0 Å². The first-order valence-electron chi connectivity index (χ1n) is 4.03. The minimum atomic E-state index is -2.03. The maximum absolute atomic E-state index is 10.9. The van der Waals surface area contributed by atoms with Crippen LogP contribution >= 0.6 is 22.2 Å². The molecule has 0 fully saturated rings. The number of ether oxygens (including phenoxy) is 1. The third-order valence-corrected chi connectivity index (χ3v) is 3.71. The summed E-state index contributed by atoms with van der Waals surface area (Å²) in [4.78, 5) is 10.9. The van der Waals surface area contributed by atoms with Crippen LogP contribution in [0.5, 0.6) is 0 Å². The number of hydrogen-bond acceptors (Lipinski definition) is 2. The predicted molar refractivity (Wildman–Crippen MR) is 58.5 cm³/mol. The van der Waals surface area contributed by atoms with Gasteiger partial charge in [0.25, 0.3) is 0 Å². The molecule has 76 valence electrons. The van der Waals surface area contributed by atoms with Crippen LogP contribution in [0.2, 0.25) is 12.6 Å². The number of halogens is 2. The minimum absolute atomic E-state index is 0.354. The molecule has 0 N–H and O–H groups in total. The molecular weight excluding hydrogens is 227 g/mol. The molecule has 0 radical (unpaired) electrons. The van der Waals surface area contributed by atoms with E-state index in [-0.39, 0.29) is 5.97 Å². The number of hydrogen-bond donors (Lipinski definition) is 0. The van der Waals surface area contributed by atoms with Crippen LogP contribution in [0.15, 0.2) is 12.2 Å². The molecule has 0 aliphatic heterocycles. The SMILES string of the molecule is C=C(C)C(=O)OCCC[Si](C)(Cl)Cl. The van der Waals surface area contributed by atoms with Crippen LogP contribution in [-0.4, -0.2) is 19.3 Å². The Labute approximate surface area is 89.3 Å². The highest BCUT2D eigenvalue weighted by atomic mass is 35.7. The summed E-state index contributed by atoms with van der Waals surface area (Å²) >= 11 is 11.7. The summed E-state index contributed by atoms with van der Waals surface area (Å²) in [6.07, 6.45) is 0.717. The summed E-state index contributed by atoms with van der Waals surface area (Å²) < 4.78 is 4.87. The molecule has 0 heterocycles. The quantitative estimate of drug-likeness (QED) is 0.243. The fourth-order valence-electron chi connectivity index (χ4n) is 0.671. The van der Waals surface area contributed by atoms with Gasteiger partial charge in [0.2, 0.25) is 6.69 Å². The van der Waals surface area contributed by atoms with Crippen molar-refractivity contribution in [2.24, 2.45) is 0 Å². The van der Waals surface area contributed by atoms with Gasteiger partial charge in [-0.1, -0.05) is 6.58 Å². The zero-order chi connectivity index (χ0) is 10.5. The van der Waals surface area contributed by atoms with Crippen LogP contribution in [0, 0.1) is 0 Å². The monoisotopic (exact) mass is 240 g/mol. The summed E-state index contributed by atoms with van der Waals surface area (Å²) in [6, 6.07) is 0.736. The van der Waals surface area contributed by atoms with Crippen LogP contribution in [0.3, 0.4) is 0 Å². The van der Waals surface area contributed by atoms with Gasteiger partial charge in [0.15, 0.2) is 0 Å². The molecule has 0 aromatic rings. The van der Waals surface area contributed by atoms with Crippen molar-refractivity contribution in [3.05, 3.63) is 12.2 Å². The summed E-state index contributed by atoms with van der Waals surface area (Å²) in [5.74, 6) is -0.354. The highest BCUT2D eigenvalue weighted by Gasteiger charge is 2.19. The number of esters is 1. The van der Waals surface area contributed by atoms with Crippen molar-refractivity contribution in [1.82, 2.24) is 0 Å². The van der Waals surface area contributed by atoms with Crippen molar-refractivity contribution in [3.63, 3.8) is 0 Å². The molecule has 2 nitrogen and oxygen atoms in total. The van der Waals surface area contributed by atoms with Crippen LogP contribution in [0.4, 0.5) is 0 Å². The van der Waals surface area contributed by atoms with Crippen molar-refractivity contribution >= 4 is 34.8 Å². The van der Waals surface area contributed by atoms with Gasteiger partial charge in [0, 0.05) is 5.57 Å². The average molecular weight is 241 g/mol. The molecular formula is C8H14Cl2O2Si. The zero-order valence-electron chi connectivity index (χ0n) is 7.90. The Morgan fingerprint density at radius 2 is 2.08 bits per heavy atom. The lowest BCUT2D eigenvalue weighted by Gasteiger charge is -2.09. The second-order valence-electron chi connectivity index (χ2n) is 3.09. The minimum Gasteiger partial charge on any atom is -0.462 e. The highest BCUT2D eigenvalue weighted by Crippen LogP contribution is 2.21. The van der Waals surface area contributed by atoms with Crippen LogP contribution in [0.25, 0.3) is 0 Å². The first-order valence-corrected chi connectivity index (χ1v) is 8.76. The van der Waals surface area contributed by atoms with E-state index in [4.69, 9.17) is 26.9 Å². The molecule has 0 unspecified atom stereocenters. The topological polar surface area (TPSA) is 26.3 Å². The van der Waals surface area contributed by atoms with Gasteiger partial charge in [0.1, 0.15) is 0 Å². The molecule has 0 bridgehead atoms. The van der Waals surface area contributed by atoms with E-state index in [0.29, 0.717) is 12.2 Å². The van der Waals surface area contributed by atoms with E-state index in [1.165, 1.54) is 0 Å². The third kappa shape index (κ3) is 8.34. The molecule has 0 aromatic heterocycles. The van der Waals surface area contributed by atoms with Crippen molar-refractivity contribution in [1.29, 1.82) is 0 Å². The second-order valence-corrected chi connectivity index (χ2v) is 11.3. The predicted octanol–water partition coefficient (Wildman–Crippen LogP) is 3.05. The van der Waals surface area contributed by atoms with Crippen molar-refractivity contribution in [2.75, 3.05) is 6.61 Å². The van der Waals surface area contributed by atoms with E-state index in [0.717, 1.165) is 12.5 Å². The van der Waals surface area contributed by atoms with Gasteiger partial charge >= 0.3 is 5.97 Å². The molecule has 0 spiro atoms. The number of carbonyl (C=O) groups is 1. The standard InChI is InChI=1S/C8H14Cl2O2Si/c1-7(2)8(11)12-5-4-6-13(3,9)10/h1,4-6H2,2-3H3. The van der Waals surface area contributed by atoms with Crippen LogP contribution < -0.4 is 0 Å². The highest BCUT2D eigenvalue weighted by molar-refractivity contribution is 7.44. The smallest absolute Gasteiger partial charge is 0.333 e. The van der Waals surface area contributed by atoms with Gasteiger partial charge < -0.3 is 4.74 Å². The summed E-state index contributed by atoms with van der Waals surface area (Å²) in [5.41, 5.74) is 0.414. The normalized spacial score (nSPS) is 11.1. The maximum Gasteiger partial charge on any atom is 0.333 e. The molecule has 0 aliphatic rings. The van der Waals surface area contributed by atoms with Crippen LogP contribution in [0.1, 0.15) is 13.3 Å². The fraction of sp³-hybridized carbons (Fsp3) is 0.625. The number of carbonyl (C=O) groups excluding carboxylic acids is 1. The molecule has 0 rings (SSSR count). The van der Waals surface area contributed by atoms with Crippen LogP contribution in [-0.2, 0) is 9.53 Å². The van der Waals surface area contributed by atoms with Gasteiger partial charge in [-0.2, -0.15) is 0 Å². The summed E-state index contributed by atoms with van der Waals surface area (Å²) in [7, 11) is 0. The Bertz CT molecular complexity index is 199. The maximum atomic E-state index is 10.9. The fourth-order valence-corrected chi connectivity index (χ4v) is 2.24. The van der Waals surface area contributed by atoms with Gasteiger partial charge in [0.05, 0.1) is 6.61 Å². The Morgan fingerprint density at radius 1 is 1.54 bits per heavy atom. The molecule has 13 heavy (non-hydrogen) atoms. The molecule has 0 aliphatic carbocycles. The Hall–Kier alpha value is 0.00688. The van der Waals surface area contributed by atoms with E-state index < -0.39 is 6.69 Å². The molecule has 0 aromatic carbocycles. The molecule has 5 heteroatoms. The Kier molecular flexibility index (Phi) is 5.68. The van der Waals surface area contributed by atoms with E-state index in [2.05, 4.69) is 6.58 Å². The lowest BCUT2D eigenvalue weighted by Crippen LogP contribution is -2.14. The Morgan fingerprint density at radius 3 is 2.46 bits per heavy atom. The summed E-state index contributed by atoms with van der Waals surface area (Å²) in [6.45, 7) is 5.27. The lowest BCUT2D eigenvalue weighted by atomic mass is 10.4. The van der Waals surface area contributed by atoms with E-state index in [1.54, 1.807) is 6.92 Å². The van der Waals surface area contributed by atoms with Gasteiger partial charge in [-0.05, 0) is 25.9 Å². The van der Waals surface area contributed by atoms with Crippen molar-refractivity contribution in [3.8, 4) is 0 Å². The van der Waals surface area contributed by atoms with E-state index in [1.807, 2.05) is 6.55 Å². The summed E-state index contributed by atoms with van der Waals surface area (Å²) in [5, 5.41) is 0. The van der Waals surface area contributed by atoms with E-state index in [9.17, 15) is 4.79 Å². The molecule has 0 atom stereocenters. The van der Waals surface area contributed by atoms with Crippen molar-refractivity contribution in [2.45, 2.75) is 25.9 Å². The average Bonchev–Trinajstić information content (AvgIpc) is 1.95. The molecule has 0 saturated carbocycles. The lowest BCUT2D eigenvalue weighted by molar-refractivity contribution is -0.138. The first-order chi connectivity index (χ1) is 5.83. The second kappa shape index (κ2) is 5.68. The van der Waals surface area contributed by atoms with Gasteiger partial charge in [-0.25, -0.2) is 4.79 Å². The third-order valence-electron chi connectivity index (χ3n) is 1.34. The first kappa shape index (κ1) is 13.0. The van der Waals surface area contributed by atoms with Gasteiger partial charge in [-0.3, -0.25) is 0 Å². The number of rotatable bonds is 5. The Balaban J connectivity index is 3.47. The molecule has 0 saturated heterocycles. The van der Waals surface area contributed by atoms with Crippen molar-refractivity contribution < 1.29 is 9.53 Å². The molecule has 0 amide bonds. The zero-order valence-corrected chi connectivity index (χ0v) is 10.4. The largest absolute Gasteiger partial charge is 0.462 e.